The lowest BCUT2D eigenvalue weighted by molar-refractivity contribution is -0.614. The highest BCUT2D eigenvalue weighted by Crippen LogP contribution is 2.16. The lowest BCUT2D eigenvalue weighted by Gasteiger charge is -2.23. The van der Waals surface area contributed by atoms with Crippen molar-refractivity contribution in [3.05, 3.63) is 106 Å². The standard InChI is InChI=1S/C30H36ClN5O7S/c1-43-28(37)15-14-26(29(38)33-19-23-17-24(31)11-10-22(23)18-32)34-30(39)27(13-12-25-9-5-6-16-36(25)40)35-44(41,42)20-21-7-3-2-4-8-21/h2-11,16-17,26-27,35H,12-15,18-20,32H2,1H3,(H,33,38)(H,34,39)/t26-,27+/m0/s1. The van der Waals surface area contributed by atoms with Gasteiger partial charge < -0.3 is 26.3 Å². The number of benzene rings is 2. The van der Waals surface area contributed by atoms with E-state index in [1.807, 2.05) is 0 Å². The molecule has 2 amide bonds. The normalized spacial score (nSPS) is 12.6. The maximum atomic E-state index is 13.6. The van der Waals surface area contributed by atoms with Gasteiger partial charge in [-0.2, -0.15) is 4.73 Å². The van der Waals surface area contributed by atoms with E-state index in [2.05, 4.69) is 15.4 Å². The minimum absolute atomic E-state index is 0.0428. The minimum Gasteiger partial charge on any atom is -0.619 e. The number of nitrogens with zero attached hydrogens (tertiary/aromatic N) is 1. The van der Waals surface area contributed by atoms with Crippen LogP contribution >= 0.6 is 11.6 Å². The molecule has 12 nitrogen and oxygen atoms in total. The molecule has 44 heavy (non-hydrogen) atoms. The Morgan fingerprint density at radius 1 is 0.977 bits per heavy atom. The summed E-state index contributed by atoms with van der Waals surface area (Å²) < 4.78 is 33.9. The van der Waals surface area contributed by atoms with Crippen LogP contribution < -0.4 is 25.8 Å². The van der Waals surface area contributed by atoms with Crippen LogP contribution in [0.2, 0.25) is 5.02 Å². The number of pyridine rings is 1. The summed E-state index contributed by atoms with van der Waals surface area (Å²) in [5.41, 5.74) is 8.06. The zero-order chi connectivity index (χ0) is 32.1. The van der Waals surface area contributed by atoms with Crippen LogP contribution in [-0.2, 0) is 54.4 Å². The van der Waals surface area contributed by atoms with Gasteiger partial charge in [-0.05, 0) is 41.7 Å². The van der Waals surface area contributed by atoms with Gasteiger partial charge in [0.2, 0.25) is 21.8 Å². The highest BCUT2D eigenvalue weighted by Gasteiger charge is 2.30. The van der Waals surface area contributed by atoms with Gasteiger partial charge in [0.05, 0.1) is 12.9 Å². The average Bonchev–Trinajstić information content (AvgIpc) is 3.00. The number of aromatic nitrogens is 1. The van der Waals surface area contributed by atoms with Crippen molar-refractivity contribution < 1.29 is 32.3 Å². The topological polar surface area (TPSA) is 184 Å². The summed E-state index contributed by atoms with van der Waals surface area (Å²) in [6.07, 6.45) is 0.968. The molecular weight excluding hydrogens is 610 g/mol. The largest absolute Gasteiger partial charge is 0.619 e. The molecule has 0 aliphatic carbocycles. The van der Waals surface area contributed by atoms with Gasteiger partial charge in [-0.15, -0.1) is 0 Å². The van der Waals surface area contributed by atoms with Crippen LogP contribution in [0.25, 0.3) is 0 Å². The molecule has 14 heteroatoms. The first kappa shape index (κ1) is 34.5. The summed E-state index contributed by atoms with van der Waals surface area (Å²) in [6.45, 7) is 0.252. The number of sulfonamides is 1. The third-order valence-corrected chi connectivity index (χ3v) is 8.36. The van der Waals surface area contributed by atoms with Gasteiger partial charge in [0.25, 0.3) is 0 Å². The van der Waals surface area contributed by atoms with Gasteiger partial charge in [0.1, 0.15) is 12.1 Å². The smallest absolute Gasteiger partial charge is 0.305 e. The molecule has 3 rings (SSSR count). The molecular formula is C30H36ClN5O7S. The van der Waals surface area contributed by atoms with Crippen molar-refractivity contribution in [1.82, 2.24) is 15.4 Å². The molecule has 2 atom stereocenters. The molecule has 3 aromatic rings. The van der Waals surface area contributed by atoms with Crippen LogP contribution in [0.5, 0.6) is 0 Å². The van der Waals surface area contributed by atoms with E-state index in [1.165, 1.54) is 13.3 Å². The summed E-state index contributed by atoms with van der Waals surface area (Å²) in [5, 5.41) is 18.0. The van der Waals surface area contributed by atoms with Crippen molar-refractivity contribution in [1.29, 1.82) is 0 Å². The molecule has 2 aromatic carbocycles. The Hall–Kier alpha value is -4.04. The zero-order valence-corrected chi connectivity index (χ0v) is 25.8. The van der Waals surface area contributed by atoms with Gasteiger partial charge in [0, 0.05) is 43.1 Å². The van der Waals surface area contributed by atoms with E-state index in [-0.39, 0.29) is 44.5 Å². The molecule has 0 aliphatic heterocycles. The van der Waals surface area contributed by atoms with Crippen molar-refractivity contribution in [3.8, 4) is 0 Å². The molecule has 0 fully saturated rings. The number of ether oxygens (including phenoxy) is 1. The predicted octanol–water partition coefficient (Wildman–Crippen LogP) is 1.61. The number of nitrogens with two attached hydrogens (primary N) is 1. The van der Waals surface area contributed by atoms with E-state index in [0.29, 0.717) is 26.6 Å². The first-order valence-corrected chi connectivity index (χ1v) is 15.9. The molecule has 0 bridgehead atoms. The van der Waals surface area contributed by atoms with E-state index in [9.17, 15) is 28.0 Å². The number of hydrogen-bond acceptors (Lipinski definition) is 8. The Labute approximate surface area is 261 Å². The third kappa shape index (κ3) is 10.9. The van der Waals surface area contributed by atoms with Gasteiger partial charge in [0.15, 0.2) is 11.9 Å². The maximum Gasteiger partial charge on any atom is 0.305 e. The fraction of sp³-hybridized carbons (Fsp3) is 0.333. The molecule has 1 heterocycles. The minimum atomic E-state index is -4.03. The van der Waals surface area contributed by atoms with E-state index in [1.54, 1.807) is 66.7 Å². The maximum absolute atomic E-state index is 13.6. The molecule has 0 aliphatic rings. The summed E-state index contributed by atoms with van der Waals surface area (Å²) in [4.78, 5) is 38.8. The van der Waals surface area contributed by atoms with Crippen molar-refractivity contribution in [2.45, 2.75) is 56.6 Å². The molecule has 0 unspecified atom stereocenters. The molecule has 0 saturated heterocycles. The van der Waals surface area contributed by atoms with Crippen LogP contribution in [0.3, 0.4) is 0 Å². The van der Waals surface area contributed by atoms with Gasteiger partial charge in [-0.1, -0.05) is 54.1 Å². The molecule has 0 saturated carbocycles. The second kappa shape index (κ2) is 16.7. The summed E-state index contributed by atoms with van der Waals surface area (Å²) in [7, 11) is -2.83. The fourth-order valence-electron chi connectivity index (χ4n) is 4.41. The number of hydrogen-bond donors (Lipinski definition) is 4. The van der Waals surface area contributed by atoms with Crippen molar-refractivity contribution >= 4 is 39.4 Å². The van der Waals surface area contributed by atoms with Crippen LogP contribution in [0.4, 0.5) is 0 Å². The van der Waals surface area contributed by atoms with Crippen molar-refractivity contribution in [2.75, 3.05) is 7.11 Å². The predicted molar refractivity (Wildman–Crippen MR) is 164 cm³/mol. The first-order valence-electron chi connectivity index (χ1n) is 13.8. The second-order valence-electron chi connectivity index (χ2n) is 9.98. The van der Waals surface area contributed by atoms with E-state index in [4.69, 9.17) is 22.1 Å². The SMILES string of the molecule is COC(=O)CC[C@H](NC(=O)[C@@H](CCc1cccc[n+]1[O-])NS(=O)(=O)Cc1ccccc1)C(=O)NCc1cc(Cl)ccc1CN. The summed E-state index contributed by atoms with van der Waals surface area (Å²) in [5.74, 6) is -2.40. The fourth-order valence-corrected chi connectivity index (χ4v) is 5.98. The number of methoxy groups -OCH3 is 1. The van der Waals surface area contributed by atoms with Crippen molar-refractivity contribution in [2.24, 2.45) is 5.73 Å². The van der Waals surface area contributed by atoms with E-state index in [0.717, 1.165) is 5.56 Å². The quantitative estimate of drug-likeness (QED) is 0.103. The number of aryl methyl sites for hydroxylation is 1. The van der Waals surface area contributed by atoms with Gasteiger partial charge in [-0.3, -0.25) is 14.4 Å². The molecule has 236 valence electrons. The first-order chi connectivity index (χ1) is 21.0. The second-order valence-corrected chi connectivity index (χ2v) is 12.2. The van der Waals surface area contributed by atoms with Crippen molar-refractivity contribution in [3.63, 3.8) is 0 Å². The molecule has 5 N–H and O–H groups in total. The Balaban J connectivity index is 1.81. The lowest BCUT2D eigenvalue weighted by Crippen LogP contribution is -2.54. The lowest BCUT2D eigenvalue weighted by atomic mass is 10.1. The Morgan fingerprint density at radius 2 is 1.70 bits per heavy atom. The van der Waals surface area contributed by atoms with Crippen LogP contribution in [0, 0.1) is 5.21 Å². The Kier molecular flexibility index (Phi) is 13.1. The van der Waals surface area contributed by atoms with Crippen LogP contribution in [0.1, 0.15) is 41.6 Å². The molecule has 0 radical (unpaired) electrons. The molecule has 1 aromatic heterocycles. The zero-order valence-electron chi connectivity index (χ0n) is 24.2. The number of carbonyl (C=O) groups is 3. The monoisotopic (exact) mass is 645 g/mol. The van der Waals surface area contributed by atoms with Gasteiger partial charge >= 0.3 is 5.97 Å². The number of carbonyl (C=O) groups excluding carboxylic acids is 3. The van der Waals surface area contributed by atoms with E-state index < -0.39 is 39.9 Å². The Bertz CT molecular complexity index is 1540. The number of nitrogens with one attached hydrogen (secondary N) is 3. The number of amides is 2. The van der Waals surface area contributed by atoms with E-state index >= 15 is 0 Å². The summed E-state index contributed by atoms with van der Waals surface area (Å²) >= 11 is 6.10. The number of halogens is 1. The highest BCUT2D eigenvalue weighted by molar-refractivity contribution is 7.88. The average molecular weight is 646 g/mol. The summed E-state index contributed by atoms with van der Waals surface area (Å²) in [6, 6.07) is 15.7. The Morgan fingerprint density at radius 3 is 2.39 bits per heavy atom. The molecule has 0 spiro atoms. The van der Waals surface area contributed by atoms with Crippen LogP contribution in [0.15, 0.2) is 72.9 Å². The third-order valence-electron chi connectivity index (χ3n) is 6.77. The van der Waals surface area contributed by atoms with Crippen LogP contribution in [-0.4, -0.2) is 45.4 Å². The number of esters is 1. The highest BCUT2D eigenvalue weighted by atomic mass is 35.5. The van der Waals surface area contributed by atoms with Gasteiger partial charge in [-0.25, -0.2) is 13.1 Å². The number of rotatable bonds is 16.